The summed E-state index contributed by atoms with van der Waals surface area (Å²) in [6.07, 6.45) is 14.3. The van der Waals surface area contributed by atoms with Gasteiger partial charge in [-0.3, -0.25) is 9.59 Å². The van der Waals surface area contributed by atoms with Crippen LogP contribution in [0.15, 0.2) is 138 Å². The Morgan fingerprint density at radius 2 is 1.10 bits per heavy atom. The number of fused-ring (bicyclic) bond motifs is 4. The van der Waals surface area contributed by atoms with E-state index in [0.717, 1.165) is 41.1 Å². The number of carbonyl (C=O) groups excluding carboxylic acids is 2. The summed E-state index contributed by atoms with van der Waals surface area (Å²) in [7, 11) is 0. The second-order valence-corrected chi connectivity index (χ2v) is 11.7. The molecular weight excluding hydrogens is 754 g/mol. The van der Waals surface area contributed by atoms with E-state index in [1.807, 2.05) is 85.2 Å². The van der Waals surface area contributed by atoms with Gasteiger partial charge in [0.05, 0.1) is 0 Å². The highest BCUT2D eigenvalue weighted by Crippen LogP contribution is 2.25. The van der Waals surface area contributed by atoms with Gasteiger partial charge in [-0.05, 0) is 92.8 Å². The molecule has 0 saturated carbocycles. The summed E-state index contributed by atoms with van der Waals surface area (Å²) in [4.78, 5) is 44.5. The van der Waals surface area contributed by atoms with Crippen LogP contribution in [0.25, 0.3) is 0 Å². The molecule has 0 N–H and O–H groups in total. The third kappa shape index (κ3) is 6.87. The molecule has 0 aromatic heterocycles. The van der Waals surface area contributed by atoms with E-state index in [2.05, 4.69) is 88.1 Å². The molecule has 8 nitrogen and oxygen atoms in total. The molecule has 42 heavy (non-hydrogen) atoms. The number of amidine groups is 4. The van der Waals surface area contributed by atoms with Crippen LogP contribution in [0, 0.1) is 0 Å². The van der Waals surface area contributed by atoms with Crippen molar-refractivity contribution in [2.24, 2.45) is 20.0 Å². The highest BCUT2D eigenvalue weighted by atomic mass is 127. The van der Waals surface area contributed by atoms with Crippen molar-refractivity contribution >= 4 is 80.3 Å². The minimum atomic E-state index is -0.387. The zero-order chi connectivity index (χ0) is 29.6. The quantitative estimate of drug-likeness (QED) is 0.261. The summed E-state index contributed by atoms with van der Waals surface area (Å²) >= 11 is 4.54. The van der Waals surface area contributed by atoms with Gasteiger partial charge < -0.3 is 9.80 Å². The van der Waals surface area contributed by atoms with Crippen molar-refractivity contribution in [1.82, 2.24) is 9.80 Å². The standard InChI is InChI=1S/2C16H12IN3O/c2*1-2-15(21)19-16-13-6-4-3-5-11(13)9-20-10-12(17)7-8-14(20)18-16/h2*2-8,10H,1,9H2. The van der Waals surface area contributed by atoms with Gasteiger partial charge in [0.15, 0.2) is 11.7 Å². The lowest BCUT2D eigenvalue weighted by molar-refractivity contribution is -0.114. The zero-order valence-corrected chi connectivity index (χ0v) is 26.6. The van der Waals surface area contributed by atoms with Crippen molar-refractivity contribution in [2.75, 3.05) is 0 Å². The second kappa shape index (κ2) is 13.3. The fourth-order valence-electron chi connectivity index (χ4n) is 4.40. The first-order valence-corrected chi connectivity index (χ1v) is 15.0. The average molecular weight is 778 g/mol. The summed E-state index contributed by atoms with van der Waals surface area (Å²) < 4.78 is 2.26. The fourth-order valence-corrected chi connectivity index (χ4v) is 5.43. The van der Waals surface area contributed by atoms with Crippen LogP contribution in [0.2, 0.25) is 0 Å². The SMILES string of the molecule is C=CC(=O)N=C1N=C2C=CC(I)=CN2Cc2ccccc21.C=CC(=O)N=C1N=C2C=CC(I)=CN2Cc2ccccc21. The van der Waals surface area contributed by atoms with Crippen LogP contribution >= 0.6 is 45.2 Å². The topological polar surface area (TPSA) is 90.1 Å². The van der Waals surface area contributed by atoms with Gasteiger partial charge in [0.2, 0.25) is 0 Å². The molecule has 2 aromatic carbocycles. The first-order valence-electron chi connectivity index (χ1n) is 12.8. The van der Waals surface area contributed by atoms with E-state index >= 15 is 0 Å². The van der Waals surface area contributed by atoms with E-state index in [1.165, 1.54) is 12.2 Å². The van der Waals surface area contributed by atoms with E-state index < -0.39 is 0 Å². The first-order chi connectivity index (χ1) is 20.3. The Balaban J connectivity index is 0.000000168. The number of amides is 2. The van der Waals surface area contributed by atoms with Gasteiger partial charge in [-0.1, -0.05) is 61.7 Å². The van der Waals surface area contributed by atoms with E-state index in [1.54, 1.807) is 0 Å². The van der Waals surface area contributed by atoms with Crippen LogP contribution in [-0.4, -0.2) is 45.0 Å². The largest absolute Gasteiger partial charge is 0.327 e. The van der Waals surface area contributed by atoms with Gasteiger partial charge in [0.25, 0.3) is 11.8 Å². The average Bonchev–Trinajstić information content (AvgIpc) is 3.24. The van der Waals surface area contributed by atoms with Crippen LogP contribution in [0.1, 0.15) is 22.3 Å². The lowest BCUT2D eigenvalue weighted by atomic mass is 10.1. The Bertz CT molecular complexity index is 1610. The summed E-state index contributed by atoms with van der Waals surface area (Å²) in [5.74, 6) is 1.65. The predicted octanol–water partition coefficient (Wildman–Crippen LogP) is 6.41. The number of carbonyl (C=O) groups is 2. The molecule has 0 fully saturated rings. The molecule has 0 bridgehead atoms. The Kier molecular flexibility index (Phi) is 9.32. The summed E-state index contributed by atoms with van der Waals surface area (Å²) in [6, 6.07) is 15.7. The molecule has 4 aliphatic heterocycles. The van der Waals surface area contributed by atoms with Gasteiger partial charge in [-0.15, -0.1) is 0 Å². The molecular formula is C32H24I2N6O2. The van der Waals surface area contributed by atoms with Crippen LogP contribution in [0.3, 0.4) is 0 Å². The molecule has 4 aliphatic rings. The lowest BCUT2D eigenvalue weighted by Crippen LogP contribution is -2.24. The number of allylic oxidation sites excluding steroid dienone is 4. The number of halogens is 2. The molecule has 0 spiro atoms. The summed E-state index contributed by atoms with van der Waals surface area (Å²) in [6.45, 7) is 8.32. The van der Waals surface area contributed by atoms with Gasteiger partial charge in [-0.25, -0.2) is 9.98 Å². The third-order valence-electron chi connectivity index (χ3n) is 6.35. The molecule has 0 saturated heterocycles. The van der Waals surface area contributed by atoms with E-state index in [4.69, 9.17) is 0 Å². The first kappa shape index (κ1) is 29.5. The van der Waals surface area contributed by atoms with Gasteiger partial charge >= 0.3 is 0 Å². The third-order valence-corrected chi connectivity index (χ3v) is 7.63. The second-order valence-electron chi connectivity index (χ2n) is 9.16. The van der Waals surface area contributed by atoms with Crippen molar-refractivity contribution < 1.29 is 9.59 Å². The Labute approximate surface area is 271 Å². The monoisotopic (exact) mass is 778 g/mol. The molecule has 0 radical (unpaired) electrons. The fraction of sp³-hybridized carbons (Fsp3) is 0.0625. The maximum atomic E-state index is 11.6. The molecule has 2 aromatic rings. The molecule has 6 rings (SSSR count). The molecule has 2 amide bonds. The van der Waals surface area contributed by atoms with Crippen molar-refractivity contribution in [3.05, 3.63) is 140 Å². The number of hydrogen-bond donors (Lipinski definition) is 0. The van der Waals surface area contributed by atoms with Crippen LogP contribution < -0.4 is 0 Å². The predicted molar refractivity (Wildman–Crippen MR) is 185 cm³/mol. The normalized spacial score (nSPS) is 18.3. The van der Waals surface area contributed by atoms with Crippen LogP contribution in [-0.2, 0) is 22.7 Å². The Hall–Kier alpha value is -4.04. The highest BCUT2D eigenvalue weighted by molar-refractivity contribution is 14.1. The van der Waals surface area contributed by atoms with Gasteiger partial charge in [0, 0.05) is 43.8 Å². The molecule has 0 atom stereocenters. The number of nitrogens with zero attached hydrogens (tertiary/aromatic N) is 6. The van der Waals surface area contributed by atoms with E-state index in [9.17, 15) is 9.59 Å². The minimum Gasteiger partial charge on any atom is -0.327 e. The minimum absolute atomic E-state index is 0.387. The van der Waals surface area contributed by atoms with E-state index in [-0.39, 0.29) is 11.8 Å². The number of hydrogen-bond acceptors (Lipinski definition) is 4. The van der Waals surface area contributed by atoms with Gasteiger partial charge in [-0.2, -0.15) is 9.98 Å². The number of rotatable bonds is 2. The highest BCUT2D eigenvalue weighted by Gasteiger charge is 2.22. The molecule has 10 heteroatoms. The number of benzene rings is 2. The van der Waals surface area contributed by atoms with Crippen LogP contribution in [0.5, 0.6) is 0 Å². The van der Waals surface area contributed by atoms with E-state index in [0.29, 0.717) is 24.8 Å². The zero-order valence-electron chi connectivity index (χ0n) is 22.3. The summed E-state index contributed by atoms with van der Waals surface area (Å²) in [5.41, 5.74) is 3.93. The smallest absolute Gasteiger partial charge is 0.271 e. The Morgan fingerprint density at radius 1 is 0.690 bits per heavy atom. The maximum Gasteiger partial charge on any atom is 0.271 e. The number of aliphatic imine (C=N–C) groups is 4. The summed E-state index contributed by atoms with van der Waals surface area (Å²) in [5, 5.41) is 0. The van der Waals surface area contributed by atoms with Gasteiger partial charge in [0.1, 0.15) is 11.7 Å². The molecule has 4 heterocycles. The van der Waals surface area contributed by atoms with Crippen molar-refractivity contribution in [1.29, 1.82) is 0 Å². The lowest BCUT2D eigenvalue weighted by Gasteiger charge is -2.21. The Morgan fingerprint density at radius 3 is 1.50 bits per heavy atom. The van der Waals surface area contributed by atoms with Crippen molar-refractivity contribution in [3.8, 4) is 0 Å². The van der Waals surface area contributed by atoms with Crippen molar-refractivity contribution in [2.45, 2.75) is 13.1 Å². The molecule has 0 unspecified atom stereocenters. The maximum absolute atomic E-state index is 11.6. The van der Waals surface area contributed by atoms with Crippen LogP contribution in [0.4, 0.5) is 0 Å². The molecule has 0 aliphatic carbocycles. The van der Waals surface area contributed by atoms with Crippen molar-refractivity contribution in [3.63, 3.8) is 0 Å². The molecule has 208 valence electrons.